The Kier molecular flexibility index (Phi) is 10.3. The number of anilines is 3. The molecule has 1 spiro atoms. The van der Waals surface area contributed by atoms with Crippen molar-refractivity contribution in [3.8, 4) is 33.4 Å². The maximum atomic E-state index is 2.58. The Morgan fingerprint density at radius 2 is 1.03 bits per heavy atom. The second-order valence-corrected chi connectivity index (χ2v) is 21.7. The van der Waals surface area contributed by atoms with Gasteiger partial charge in [0.2, 0.25) is 0 Å². The zero-order valence-electron chi connectivity index (χ0n) is 42.1. The largest absolute Gasteiger partial charge is 0.313 e. The number of benzene rings is 10. The van der Waals surface area contributed by atoms with Gasteiger partial charge in [-0.05, 0) is 146 Å². The molecule has 0 amide bonds. The van der Waals surface area contributed by atoms with Gasteiger partial charge in [0.05, 0.1) is 22.1 Å². The molecule has 0 fully saturated rings. The topological polar surface area (TPSA) is 8.17 Å². The fourth-order valence-electron chi connectivity index (χ4n) is 13.1. The van der Waals surface area contributed by atoms with Crippen molar-refractivity contribution in [2.24, 2.45) is 0 Å². The number of rotatable bonds is 8. The molecule has 1 aliphatic heterocycles. The molecule has 0 saturated carbocycles. The SMILES string of the molecule is CC/C(=C\C=C(/C)c1ccc(N(c2ccc(-c3ccccc3)cc2)c2ccc3c(c2)C(C)(C)c2ccccc2-3)c2c1-c1ccccc1C21c2ccccc2Sc2ccccc21)n1c2ccccc2c2ccccc21. The maximum Gasteiger partial charge on any atom is 0.0756 e. The fourth-order valence-corrected chi connectivity index (χ4v) is 14.3. The first-order chi connectivity index (χ1) is 36.4. The fraction of sp³-hybridized carbons (Fsp3) is 0.0986. The summed E-state index contributed by atoms with van der Waals surface area (Å²) in [7, 11) is 0. The van der Waals surface area contributed by atoms with E-state index in [0.29, 0.717) is 0 Å². The smallest absolute Gasteiger partial charge is 0.0756 e. The lowest BCUT2D eigenvalue weighted by Crippen LogP contribution is -2.33. The Hall–Kier alpha value is -8.37. The summed E-state index contributed by atoms with van der Waals surface area (Å²) in [6, 6.07) is 86.4. The minimum absolute atomic E-state index is 0.182. The molecule has 0 atom stereocenters. The highest BCUT2D eigenvalue weighted by atomic mass is 32.2. The van der Waals surface area contributed by atoms with Crippen LogP contribution in [0.4, 0.5) is 17.1 Å². The van der Waals surface area contributed by atoms with Crippen molar-refractivity contribution >= 4 is 61.9 Å². The van der Waals surface area contributed by atoms with E-state index in [-0.39, 0.29) is 5.41 Å². The van der Waals surface area contributed by atoms with Crippen LogP contribution in [0, 0.1) is 0 Å². The molecule has 11 aromatic rings. The summed E-state index contributed by atoms with van der Waals surface area (Å²) in [6.45, 7) is 9.38. The van der Waals surface area contributed by atoms with Crippen LogP contribution in [0.1, 0.15) is 73.1 Å². The molecule has 14 rings (SSSR count). The molecule has 0 bridgehead atoms. The first kappa shape index (κ1) is 44.3. The minimum atomic E-state index is -0.641. The number of allylic oxidation sites excluding steroid dienone is 4. The monoisotopic (exact) mass is 966 g/mol. The van der Waals surface area contributed by atoms with E-state index < -0.39 is 5.41 Å². The summed E-state index contributed by atoms with van der Waals surface area (Å²) in [5.41, 5.74) is 24.3. The Morgan fingerprint density at radius 1 is 0.486 bits per heavy atom. The van der Waals surface area contributed by atoms with Crippen molar-refractivity contribution in [1.29, 1.82) is 0 Å². The third kappa shape index (κ3) is 6.46. The lowest BCUT2D eigenvalue weighted by atomic mass is 9.66. The lowest BCUT2D eigenvalue weighted by Gasteiger charge is -2.42. The average Bonchev–Trinajstić information content (AvgIpc) is 4.06. The minimum Gasteiger partial charge on any atom is -0.313 e. The van der Waals surface area contributed by atoms with Crippen molar-refractivity contribution in [2.45, 2.75) is 54.7 Å². The molecule has 74 heavy (non-hydrogen) atoms. The van der Waals surface area contributed by atoms with E-state index in [9.17, 15) is 0 Å². The standard InChI is InChI=1S/C71H54N2S/c1-5-49(73-63-31-17-11-24-55(63)56-25-12-18-32-64(56)73)38-35-46(2)52-43-44-65(69-68(52)57-26-10-14-28-59(57)71(69)60-29-15-19-33-66(60)74-67-34-20-16-30-61(67)71)72(50-39-36-48(37-40-50)47-21-7-6-8-22-47)51-41-42-54-53-23-9-13-27-58(53)70(3,4)62(54)45-51/h6-45H,5H2,1-4H3/b46-35+,49-38+. The van der Waals surface area contributed by atoms with E-state index in [1.165, 1.54) is 121 Å². The van der Waals surface area contributed by atoms with E-state index in [2.05, 4.69) is 280 Å². The third-order valence-corrected chi connectivity index (χ3v) is 17.6. The molecule has 0 N–H and O–H groups in total. The van der Waals surface area contributed by atoms with Crippen molar-refractivity contribution in [2.75, 3.05) is 4.90 Å². The van der Waals surface area contributed by atoms with Crippen LogP contribution in [0.15, 0.2) is 252 Å². The van der Waals surface area contributed by atoms with E-state index in [1.807, 2.05) is 11.8 Å². The van der Waals surface area contributed by atoms with Gasteiger partial charge in [-0.2, -0.15) is 0 Å². The van der Waals surface area contributed by atoms with Gasteiger partial charge < -0.3 is 9.47 Å². The van der Waals surface area contributed by atoms with E-state index in [1.54, 1.807) is 0 Å². The van der Waals surface area contributed by atoms with Crippen LogP contribution in [0.5, 0.6) is 0 Å². The average molecular weight is 967 g/mol. The second-order valence-electron chi connectivity index (χ2n) is 20.7. The molecule has 2 heterocycles. The van der Waals surface area contributed by atoms with Gasteiger partial charge in [0.1, 0.15) is 0 Å². The molecule has 0 radical (unpaired) electrons. The molecular weight excluding hydrogens is 913 g/mol. The normalized spacial score (nSPS) is 14.6. The van der Waals surface area contributed by atoms with Crippen LogP contribution < -0.4 is 4.90 Å². The predicted molar refractivity (Wildman–Crippen MR) is 313 cm³/mol. The summed E-state index contributed by atoms with van der Waals surface area (Å²) < 4.78 is 2.47. The van der Waals surface area contributed by atoms with Crippen LogP contribution in [0.3, 0.4) is 0 Å². The first-order valence-electron chi connectivity index (χ1n) is 26.1. The molecule has 2 nitrogen and oxygen atoms in total. The quantitative estimate of drug-likeness (QED) is 0.140. The highest BCUT2D eigenvalue weighted by Gasteiger charge is 2.53. The van der Waals surface area contributed by atoms with Crippen LogP contribution in [0.2, 0.25) is 0 Å². The Morgan fingerprint density at radius 3 is 1.70 bits per heavy atom. The molecular formula is C71H54N2S. The molecule has 2 aliphatic carbocycles. The van der Waals surface area contributed by atoms with Gasteiger partial charge in [0.25, 0.3) is 0 Å². The summed E-state index contributed by atoms with van der Waals surface area (Å²) in [5, 5.41) is 2.56. The molecule has 3 aliphatic rings. The highest BCUT2D eigenvalue weighted by molar-refractivity contribution is 7.99. The van der Waals surface area contributed by atoms with Crippen molar-refractivity contribution < 1.29 is 0 Å². The summed E-state index contributed by atoms with van der Waals surface area (Å²) in [6.07, 6.45) is 5.63. The number of hydrogen-bond acceptors (Lipinski definition) is 2. The highest BCUT2D eigenvalue weighted by Crippen LogP contribution is 2.66. The zero-order chi connectivity index (χ0) is 49.7. The van der Waals surface area contributed by atoms with Gasteiger partial charge in [-0.25, -0.2) is 0 Å². The number of nitrogens with zero attached hydrogens (tertiary/aromatic N) is 2. The second kappa shape index (κ2) is 17.1. The third-order valence-electron chi connectivity index (χ3n) is 16.4. The van der Waals surface area contributed by atoms with Gasteiger partial charge >= 0.3 is 0 Å². The summed E-state index contributed by atoms with van der Waals surface area (Å²) in [4.78, 5) is 5.15. The van der Waals surface area contributed by atoms with Crippen LogP contribution in [-0.4, -0.2) is 4.57 Å². The van der Waals surface area contributed by atoms with Gasteiger partial charge in [-0.1, -0.05) is 215 Å². The predicted octanol–water partition coefficient (Wildman–Crippen LogP) is 19.4. The van der Waals surface area contributed by atoms with Crippen LogP contribution in [0.25, 0.3) is 66.5 Å². The van der Waals surface area contributed by atoms with E-state index >= 15 is 0 Å². The molecule has 10 aromatic carbocycles. The van der Waals surface area contributed by atoms with Gasteiger partial charge in [-0.15, -0.1) is 0 Å². The van der Waals surface area contributed by atoms with Crippen molar-refractivity contribution in [3.05, 3.63) is 282 Å². The van der Waals surface area contributed by atoms with Gasteiger partial charge in [0, 0.05) is 48.6 Å². The molecule has 1 aromatic heterocycles. The Labute approximate surface area is 438 Å². The Bertz CT molecular complexity index is 4030. The lowest BCUT2D eigenvalue weighted by molar-refractivity contribution is 0.660. The van der Waals surface area contributed by atoms with Gasteiger partial charge in [0.15, 0.2) is 0 Å². The van der Waals surface area contributed by atoms with Crippen molar-refractivity contribution in [1.82, 2.24) is 4.57 Å². The summed E-state index contributed by atoms with van der Waals surface area (Å²) in [5.74, 6) is 0. The maximum absolute atomic E-state index is 2.58. The molecule has 3 heteroatoms. The number of para-hydroxylation sites is 2. The molecule has 354 valence electrons. The summed E-state index contributed by atoms with van der Waals surface area (Å²) >= 11 is 1.90. The molecule has 0 unspecified atom stereocenters. The first-order valence-corrected chi connectivity index (χ1v) is 26.9. The zero-order valence-corrected chi connectivity index (χ0v) is 42.9. The number of hydrogen-bond donors (Lipinski definition) is 0. The van der Waals surface area contributed by atoms with Crippen LogP contribution in [-0.2, 0) is 10.8 Å². The number of aromatic nitrogens is 1. The molecule has 0 saturated heterocycles. The van der Waals surface area contributed by atoms with Crippen molar-refractivity contribution in [3.63, 3.8) is 0 Å². The Balaban J connectivity index is 1.06. The van der Waals surface area contributed by atoms with E-state index in [4.69, 9.17) is 0 Å². The van der Waals surface area contributed by atoms with Crippen LogP contribution >= 0.6 is 11.8 Å². The van der Waals surface area contributed by atoms with E-state index in [0.717, 1.165) is 17.8 Å². The number of fused-ring (bicyclic) bond motifs is 15. The van der Waals surface area contributed by atoms with Gasteiger partial charge in [-0.3, -0.25) is 0 Å².